The molecule has 4 nitrogen and oxygen atoms in total. The van der Waals surface area contributed by atoms with E-state index >= 15 is 0 Å². The van der Waals surface area contributed by atoms with Crippen LogP contribution in [-0.4, -0.2) is 4.92 Å². The van der Waals surface area contributed by atoms with E-state index in [1.807, 2.05) is 0 Å². The van der Waals surface area contributed by atoms with Crippen molar-refractivity contribution in [2.24, 2.45) is 5.73 Å². The second-order valence-electron chi connectivity index (χ2n) is 2.92. The predicted molar refractivity (Wildman–Crippen MR) is 51.0 cm³/mol. The summed E-state index contributed by atoms with van der Waals surface area (Å²) >= 11 is 5.36. The first-order valence-corrected chi connectivity index (χ1v) is 4.39. The molecule has 8 heteroatoms. The maximum atomic E-state index is 12.5. The number of alkyl halides is 3. The first-order chi connectivity index (χ1) is 7.27. The molecule has 0 aromatic heterocycles. The standard InChI is InChI=1S/C8H6ClF3N2O2/c9-6-2-5(14(15)16)1-4(3-13)7(6)8(10,11)12/h1-2H,3,13H2. The summed E-state index contributed by atoms with van der Waals surface area (Å²) in [5.74, 6) is 0. The Labute approximate surface area is 93.0 Å². The maximum Gasteiger partial charge on any atom is 0.418 e. The van der Waals surface area contributed by atoms with Gasteiger partial charge in [0.25, 0.3) is 5.69 Å². The van der Waals surface area contributed by atoms with E-state index < -0.39 is 39.5 Å². The second-order valence-corrected chi connectivity index (χ2v) is 3.33. The molecule has 0 saturated heterocycles. The lowest BCUT2D eigenvalue weighted by Crippen LogP contribution is -2.13. The predicted octanol–water partition coefficient (Wildman–Crippen LogP) is 2.73. The van der Waals surface area contributed by atoms with Crippen LogP contribution in [0.2, 0.25) is 5.02 Å². The summed E-state index contributed by atoms with van der Waals surface area (Å²) in [6.07, 6.45) is -4.68. The van der Waals surface area contributed by atoms with Gasteiger partial charge in [-0.3, -0.25) is 10.1 Å². The van der Waals surface area contributed by atoms with Gasteiger partial charge in [0.05, 0.1) is 15.5 Å². The van der Waals surface area contributed by atoms with Crippen molar-refractivity contribution in [1.82, 2.24) is 0 Å². The lowest BCUT2D eigenvalue weighted by molar-refractivity contribution is -0.384. The monoisotopic (exact) mass is 254 g/mol. The lowest BCUT2D eigenvalue weighted by atomic mass is 10.1. The molecular weight excluding hydrogens is 249 g/mol. The zero-order valence-corrected chi connectivity index (χ0v) is 8.47. The first-order valence-electron chi connectivity index (χ1n) is 4.01. The first kappa shape index (κ1) is 12.7. The van der Waals surface area contributed by atoms with Gasteiger partial charge in [-0.2, -0.15) is 13.2 Å². The second kappa shape index (κ2) is 4.26. The molecule has 0 amide bonds. The fourth-order valence-electron chi connectivity index (χ4n) is 1.23. The normalized spacial score (nSPS) is 11.6. The molecule has 1 aromatic carbocycles. The molecule has 0 aliphatic rings. The van der Waals surface area contributed by atoms with E-state index in [1.54, 1.807) is 0 Å². The average Bonchev–Trinajstić information content (AvgIpc) is 2.14. The fraction of sp³-hybridized carbons (Fsp3) is 0.250. The number of nitro groups is 1. The third kappa shape index (κ3) is 2.42. The number of rotatable bonds is 2. The Balaban J connectivity index is 3.46. The number of halogens is 4. The Morgan fingerprint density at radius 1 is 1.44 bits per heavy atom. The van der Waals surface area contributed by atoms with Gasteiger partial charge >= 0.3 is 6.18 Å². The van der Waals surface area contributed by atoms with Gasteiger partial charge in [-0.05, 0) is 5.56 Å². The molecule has 0 heterocycles. The third-order valence-electron chi connectivity index (χ3n) is 1.87. The molecule has 0 aliphatic carbocycles. The number of nitrogens with two attached hydrogens (primary N) is 1. The van der Waals surface area contributed by atoms with E-state index in [1.165, 1.54) is 0 Å². The Morgan fingerprint density at radius 2 is 2.00 bits per heavy atom. The summed E-state index contributed by atoms with van der Waals surface area (Å²) in [5.41, 5.74) is 3.07. The minimum atomic E-state index is -4.68. The van der Waals surface area contributed by atoms with Crippen molar-refractivity contribution in [3.05, 3.63) is 38.4 Å². The number of hydrogen-bond donors (Lipinski definition) is 1. The summed E-state index contributed by atoms with van der Waals surface area (Å²) in [6.45, 7) is -0.476. The molecule has 0 atom stereocenters. The molecule has 1 aromatic rings. The van der Waals surface area contributed by atoms with Crippen molar-refractivity contribution in [3.8, 4) is 0 Å². The number of non-ortho nitro benzene ring substituents is 1. The van der Waals surface area contributed by atoms with E-state index in [9.17, 15) is 23.3 Å². The van der Waals surface area contributed by atoms with Gasteiger partial charge in [0, 0.05) is 18.7 Å². The highest BCUT2D eigenvalue weighted by Gasteiger charge is 2.36. The van der Waals surface area contributed by atoms with Gasteiger partial charge < -0.3 is 5.73 Å². The highest BCUT2D eigenvalue weighted by molar-refractivity contribution is 6.31. The van der Waals surface area contributed by atoms with E-state index in [-0.39, 0.29) is 0 Å². The van der Waals surface area contributed by atoms with Gasteiger partial charge in [0.15, 0.2) is 0 Å². The van der Waals surface area contributed by atoms with Gasteiger partial charge in [0.1, 0.15) is 0 Å². The zero-order valence-electron chi connectivity index (χ0n) is 7.71. The van der Waals surface area contributed by atoms with E-state index in [0.29, 0.717) is 6.07 Å². The summed E-state index contributed by atoms with van der Waals surface area (Å²) in [7, 11) is 0. The van der Waals surface area contributed by atoms with Crippen molar-refractivity contribution in [3.63, 3.8) is 0 Å². The number of hydrogen-bond acceptors (Lipinski definition) is 3. The van der Waals surface area contributed by atoms with Crippen molar-refractivity contribution in [2.75, 3.05) is 0 Å². The quantitative estimate of drug-likeness (QED) is 0.652. The zero-order chi connectivity index (χ0) is 12.5. The molecule has 0 fully saturated rings. The molecular formula is C8H6ClF3N2O2. The van der Waals surface area contributed by atoms with E-state index in [2.05, 4.69) is 0 Å². The third-order valence-corrected chi connectivity index (χ3v) is 2.17. The van der Waals surface area contributed by atoms with Crippen molar-refractivity contribution in [2.45, 2.75) is 12.7 Å². The largest absolute Gasteiger partial charge is 0.418 e. The highest BCUT2D eigenvalue weighted by atomic mass is 35.5. The molecule has 1 rings (SSSR count). The number of nitro benzene ring substituents is 1. The fourth-order valence-corrected chi connectivity index (χ4v) is 1.57. The number of benzene rings is 1. The highest BCUT2D eigenvalue weighted by Crippen LogP contribution is 2.39. The molecule has 0 unspecified atom stereocenters. The van der Waals surface area contributed by atoms with Crippen molar-refractivity contribution >= 4 is 17.3 Å². The Hall–Kier alpha value is -1.34. The smallest absolute Gasteiger partial charge is 0.326 e. The molecule has 16 heavy (non-hydrogen) atoms. The molecule has 0 saturated carbocycles. The summed E-state index contributed by atoms with van der Waals surface area (Å²) < 4.78 is 37.6. The van der Waals surface area contributed by atoms with E-state index in [0.717, 1.165) is 6.07 Å². The van der Waals surface area contributed by atoms with Crippen LogP contribution in [0.3, 0.4) is 0 Å². The van der Waals surface area contributed by atoms with Crippen LogP contribution in [0, 0.1) is 10.1 Å². The van der Waals surface area contributed by atoms with Crippen LogP contribution in [0.1, 0.15) is 11.1 Å². The average molecular weight is 255 g/mol. The van der Waals surface area contributed by atoms with Crippen LogP contribution in [-0.2, 0) is 12.7 Å². The minimum absolute atomic E-state index is 0.397. The molecule has 0 bridgehead atoms. The molecule has 0 spiro atoms. The molecule has 0 aliphatic heterocycles. The van der Waals surface area contributed by atoms with Crippen LogP contribution in [0.4, 0.5) is 18.9 Å². The minimum Gasteiger partial charge on any atom is -0.326 e. The number of nitrogens with zero attached hydrogens (tertiary/aromatic N) is 1. The summed E-state index contributed by atoms with van der Waals surface area (Å²) in [6, 6.07) is 1.43. The van der Waals surface area contributed by atoms with Crippen molar-refractivity contribution in [1.29, 1.82) is 0 Å². The van der Waals surface area contributed by atoms with Crippen LogP contribution in [0.25, 0.3) is 0 Å². The molecule has 88 valence electrons. The van der Waals surface area contributed by atoms with Gasteiger partial charge in [0.2, 0.25) is 0 Å². The Morgan fingerprint density at radius 3 is 2.38 bits per heavy atom. The SMILES string of the molecule is NCc1cc([N+](=O)[O-])cc(Cl)c1C(F)(F)F. The van der Waals surface area contributed by atoms with E-state index in [4.69, 9.17) is 17.3 Å². The van der Waals surface area contributed by atoms with Gasteiger partial charge in [-0.1, -0.05) is 11.6 Å². The molecule has 0 radical (unpaired) electrons. The van der Waals surface area contributed by atoms with Gasteiger partial charge in [-0.15, -0.1) is 0 Å². The van der Waals surface area contributed by atoms with Gasteiger partial charge in [-0.25, -0.2) is 0 Å². The topological polar surface area (TPSA) is 69.2 Å². The van der Waals surface area contributed by atoms with Crippen molar-refractivity contribution < 1.29 is 18.1 Å². The van der Waals surface area contributed by atoms with Crippen LogP contribution in [0.5, 0.6) is 0 Å². The Bertz CT molecular complexity index is 434. The van der Waals surface area contributed by atoms with Crippen LogP contribution >= 0.6 is 11.6 Å². The lowest BCUT2D eigenvalue weighted by Gasteiger charge is -2.13. The van der Waals surface area contributed by atoms with Crippen LogP contribution in [0.15, 0.2) is 12.1 Å². The van der Waals surface area contributed by atoms with Crippen LogP contribution < -0.4 is 5.73 Å². The molecule has 2 N–H and O–H groups in total. The summed E-state index contributed by atoms with van der Waals surface area (Å²) in [4.78, 5) is 9.58. The Kier molecular flexibility index (Phi) is 3.39. The maximum absolute atomic E-state index is 12.5. The summed E-state index contributed by atoms with van der Waals surface area (Å²) in [5, 5.41) is 9.69.